The molecule has 16 heteroatoms. The van der Waals surface area contributed by atoms with Crippen LogP contribution in [0.2, 0.25) is 0 Å². The molecule has 3 aliphatic rings. The van der Waals surface area contributed by atoms with Crippen LogP contribution in [0.5, 0.6) is 0 Å². The van der Waals surface area contributed by atoms with Crippen molar-refractivity contribution in [1.29, 1.82) is 0 Å². The summed E-state index contributed by atoms with van der Waals surface area (Å²) in [6.45, 7) is 4.84. The highest BCUT2D eigenvalue weighted by atomic mass is 32.2. The zero-order valence-electron chi connectivity index (χ0n) is 23.1. The third kappa shape index (κ3) is 6.22. The van der Waals surface area contributed by atoms with Gasteiger partial charge in [0.25, 0.3) is 11.8 Å². The first-order valence-electron chi connectivity index (χ1n) is 12.4. The fourth-order valence-electron chi connectivity index (χ4n) is 4.15. The standard InChI is InChI=1S/C25H30N6O8S2/c1-25(2,3)23(36)39-11-38-22(35)17-13(8-12-6-7-30(4)19(12)33)9-40-21-16(20(34)31(17)21)28-18(32)15(29-37-5)14-10-41-24(26)27-14/h8,10,16,21H,6-7,9,11H2,1-5H3,(H2,26,27)(H,28,32). The van der Waals surface area contributed by atoms with Gasteiger partial charge >= 0.3 is 11.9 Å². The number of oxime groups is 1. The van der Waals surface area contributed by atoms with Crippen LogP contribution in [0.1, 0.15) is 32.9 Å². The van der Waals surface area contributed by atoms with Gasteiger partial charge in [-0.2, -0.15) is 0 Å². The molecule has 0 radical (unpaired) electrons. The molecule has 3 amide bonds. The third-order valence-corrected chi connectivity index (χ3v) is 8.29. The van der Waals surface area contributed by atoms with Crippen molar-refractivity contribution in [2.75, 3.05) is 39.0 Å². The average molecular weight is 607 g/mol. The van der Waals surface area contributed by atoms with E-state index in [1.165, 1.54) is 29.2 Å². The summed E-state index contributed by atoms with van der Waals surface area (Å²) in [5.74, 6) is -2.70. The number of nitrogens with one attached hydrogen (secondary N) is 1. The molecular formula is C25H30N6O8S2. The van der Waals surface area contributed by atoms with E-state index in [9.17, 15) is 24.0 Å². The Morgan fingerprint density at radius 1 is 1.27 bits per heavy atom. The molecular weight excluding hydrogens is 576 g/mol. The van der Waals surface area contributed by atoms with Gasteiger partial charge < -0.3 is 30.3 Å². The van der Waals surface area contributed by atoms with Crippen LogP contribution < -0.4 is 11.1 Å². The number of nitrogen functional groups attached to an aromatic ring is 1. The number of esters is 2. The smallest absolute Gasteiger partial charge is 0.358 e. The number of anilines is 1. The van der Waals surface area contributed by atoms with E-state index in [4.69, 9.17) is 20.0 Å². The number of thiazole rings is 1. The number of hydrogen-bond acceptors (Lipinski definition) is 13. The summed E-state index contributed by atoms with van der Waals surface area (Å²) in [5.41, 5.74) is 5.70. The number of amides is 3. The van der Waals surface area contributed by atoms with Crippen molar-refractivity contribution in [2.45, 2.75) is 38.6 Å². The monoisotopic (exact) mass is 606 g/mol. The SMILES string of the molecule is CON=C(C(=O)NC1C(=O)N2C(C(=O)OCOC(=O)C(C)(C)C)=C(C=C3CCN(C)C3=O)CSC12)c1csc(N)n1. The maximum absolute atomic E-state index is 13.4. The van der Waals surface area contributed by atoms with E-state index >= 15 is 0 Å². The molecule has 2 fully saturated rings. The number of rotatable bonds is 8. The van der Waals surface area contributed by atoms with Gasteiger partial charge in [0.2, 0.25) is 12.7 Å². The zero-order chi connectivity index (χ0) is 30.1. The number of hydrogen-bond donors (Lipinski definition) is 2. The molecule has 2 unspecified atom stereocenters. The van der Waals surface area contributed by atoms with Crippen molar-refractivity contribution in [2.24, 2.45) is 10.6 Å². The van der Waals surface area contributed by atoms with Gasteiger partial charge in [-0.3, -0.25) is 24.1 Å². The minimum absolute atomic E-state index is 0.0797. The Kier molecular flexibility index (Phi) is 8.72. The molecule has 220 valence electrons. The number of aromatic nitrogens is 1. The number of carbonyl (C=O) groups is 5. The van der Waals surface area contributed by atoms with Gasteiger partial charge in [0.05, 0.1) is 5.41 Å². The fraction of sp³-hybridized carbons (Fsp3) is 0.480. The van der Waals surface area contributed by atoms with Crippen molar-refractivity contribution in [3.05, 3.63) is 34.0 Å². The lowest BCUT2D eigenvalue weighted by Crippen LogP contribution is -2.71. The van der Waals surface area contributed by atoms with Gasteiger partial charge in [0, 0.05) is 30.3 Å². The Balaban J connectivity index is 1.56. The Bertz CT molecular complexity index is 1380. The lowest BCUT2D eigenvalue weighted by Gasteiger charge is -2.49. The van der Waals surface area contributed by atoms with Gasteiger partial charge in [0.15, 0.2) is 10.8 Å². The Morgan fingerprint density at radius 3 is 2.59 bits per heavy atom. The number of carbonyl (C=O) groups excluding carboxylic acids is 5. The summed E-state index contributed by atoms with van der Waals surface area (Å²) in [6.07, 6.45) is 2.08. The number of likely N-dealkylation sites (N-methyl/N-ethyl adjacent to an activating group) is 1. The van der Waals surface area contributed by atoms with Crippen molar-refractivity contribution in [3.63, 3.8) is 0 Å². The number of allylic oxidation sites excluding steroid dienone is 1. The second kappa shape index (κ2) is 11.9. The highest BCUT2D eigenvalue weighted by Gasteiger charge is 2.54. The van der Waals surface area contributed by atoms with Crippen LogP contribution in [0, 0.1) is 5.41 Å². The fourth-order valence-corrected chi connectivity index (χ4v) is 6.01. The molecule has 1 aromatic heterocycles. The van der Waals surface area contributed by atoms with Crippen LogP contribution in [0.25, 0.3) is 0 Å². The van der Waals surface area contributed by atoms with E-state index in [1.54, 1.807) is 38.8 Å². The highest BCUT2D eigenvalue weighted by molar-refractivity contribution is 8.00. The van der Waals surface area contributed by atoms with Gasteiger partial charge in [-0.05, 0) is 38.8 Å². The molecule has 3 N–H and O–H groups in total. The number of fused-ring (bicyclic) bond motifs is 1. The van der Waals surface area contributed by atoms with Crippen molar-refractivity contribution >= 4 is 63.6 Å². The van der Waals surface area contributed by atoms with E-state index in [0.717, 1.165) is 11.3 Å². The number of ether oxygens (including phenoxy) is 2. The van der Waals surface area contributed by atoms with Crippen molar-refractivity contribution in [1.82, 2.24) is 20.1 Å². The molecule has 1 aromatic rings. The van der Waals surface area contributed by atoms with Crippen LogP contribution in [0.15, 0.2) is 33.5 Å². The Hall–Kier alpha value is -3.92. The van der Waals surface area contributed by atoms with Crippen LogP contribution in [0.4, 0.5) is 5.13 Å². The van der Waals surface area contributed by atoms with Gasteiger partial charge in [-0.25, -0.2) is 9.78 Å². The number of thioether (sulfide) groups is 1. The van der Waals surface area contributed by atoms with Gasteiger partial charge in [0.1, 0.15) is 29.9 Å². The van der Waals surface area contributed by atoms with Crippen LogP contribution in [0.3, 0.4) is 0 Å². The summed E-state index contributed by atoms with van der Waals surface area (Å²) < 4.78 is 10.3. The number of likely N-dealkylation sites (tertiary alicyclic amines) is 1. The zero-order valence-corrected chi connectivity index (χ0v) is 24.7. The number of nitrogens with zero attached hydrogens (tertiary/aromatic N) is 4. The van der Waals surface area contributed by atoms with E-state index in [-0.39, 0.29) is 33.9 Å². The van der Waals surface area contributed by atoms with E-state index in [1.807, 2.05) is 0 Å². The largest absolute Gasteiger partial charge is 0.427 e. The molecule has 4 rings (SSSR count). The molecule has 0 aliphatic carbocycles. The average Bonchev–Trinajstić information content (AvgIpc) is 3.49. The lowest BCUT2D eigenvalue weighted by atomic mass is 9.98. The minimum Gasteiger partial charge on any atom is -0.427 e. The van der Waals surface area contributed by atoms with E-state index < -0.39 is 47.4 Å². The maximum atomic E-state index is 13.4. The maximum Gasteiger partial charge on any atom is 0.358 e. The van der Waals surface area contributed by atoms with Crippen LogP contribution in [-0.2, 0) is 38.3 Å². The second-order valence-electron chi connectivity index (χ2n) is 10.3. The normalized spacial score (nSPS) is 22.0. The van der Waals surface area contributed by atoms with E-state index in [2.05, 4.69) is 15.5 Å². The number of β-lactam (4-membered cyclic amide) rings is 1. The van der Waals surface area contributed by atoms with Crippen LogP contribution in [-0.4, -0.2) is 94.8 Å². The molecule has 2 atom stereocenters. The molecule has 14 nitrogen and oxygen atoms in total. The van der Waals surface area contributed by atoms with Gasteiger partial charge in [-0.1, -0.05) is 5.16 Å². The predicted octanol–water partition coefficient (Wildman–Crippen LogP) is 0.608. The van der Waals surface area contributed by atoms with Gasteiger partial charge in [-0.15, -0.1) is 23.1 Å². The first-order chi connectivity index (χ1) is 19.3. The van der Waals surface area contributed by atoms with Crippen molar-refractivity contribution < 1.29 is 38.3 Å². The molecule has 3 aliphatic heterocycles. The molecule has 4 heterocycles. The van der Waals surface area contributed by atoms with Crippen molar-refractivity contribution in [3.8, 4) is 0 Å². The molecule has 2 saturated heterocycles. The molecule has 0 spiro atoms. The molecule has 0 saturated carbocycles. The summed E-state index contributed by atoms with van der Waals surface area (Å²) >= 11 is 2.41. The summed E-state index contributed by atoms with van der Waals surface area (Å²) in [5, 5.41) is 7.47. The quantitative estimate of drug-likeness (QED) is 0.106. The third-order valence-electron chi connectivity index (χ3n) is 6.32. The molecule has 41 heavy (non-hydrogen) atoms. The number of nitrogens with two attached hydrogens (primary N) is 1. The van der Waals surface area contributed by atoms with E-state index in [0.29, 0.717) is 24.1 Å². The highest BCUT2D eigenvalue weighted by Crippen LogP contribution is 2.41. The van der Waals surface area contributed by atoms with Crippen LogP contribution >= 0.6 is 23.1 Å². The molecule has 0 aromatic carbocycles. The second-order valence-corrected chi connectivity index (χ2v) is 12.3. The minimum atomic E-state index is -1.000. The predicted molar refractivity (Wildman–Crippen MR) is 149 cm³/mol. The molecule has 0 bridgehead atoms. The first-order valence-corrected chi connectivity index (χ1v) is 14.4. The Labute approximate surface area is 243 Å². The summed E-state index contributed by atoms with van der Waals surface area (Å²) in [6, 6.07) is -1.000. The summed E-state index contributed by atoms with van der Waals surface area (Å²) in [4.78, 5) is 75.9. The first kappa shape index (κ1) is 30.0. The summed E-state index contributed by atoms with van der Waals surface area (Å²) in [7, 11) is 2.94. The Morgan fingerprint density at radius 2 is 2.00 bits per heavy atom. The lowest BCUT2D eigenvalue weighted by molar-refractivity contribution is -0.173. The topological polar surface area (TPSA) is 183 Å².